The summed E-state index contributed by atoms with van der Waals surface area (Å²) in [5, 5.41) is 2.96. The van der Waals surface area contributed by atoms with Gasteiger partial charge in [0.1, 0.15) is 23.4 Å². The molecule has 0 radical (unpaired) electrons. The fraction of sp³-hybridized carbons (Fsp3) is 0.364. The van der Waals surface area contributed by atoms with Gasteiger partial charge in [-0.3, -0.25) is 9.59 Å². The standard InChI is InChI=1S/C22H20BrNO5/c1-27-12-6-8-14(9-7-12)28-13-4-2-11(3-5-13)24-21(25)17-15-10-16-18(17)22(26)29-20(16)19(15)23/h2-9,15-20H,10H2,1H3,(H,24,25)/t15-,16-,17-,18+,19-,20+/m1/s1. The van der Waals surface area contributed by atoms with E-state index in [2.05, 4.69) is 21.2 Å². The van der Waals surface area contributed by atoms with Crippen molar-refractivity contribution in [3.05, 3.63) is 48.5 Å². The van der Waals surface area contributed by atoms with Gasteiger partial charge in [-0.05, 0) is 60.9 Å². The molecule has 0 unspecified atom stereocenters. The Labute approximate surface area is 176 Å². The molecule has 6 nitrogen and oxygen atoms in total. The number of nitrogens with one attached hydrogen (secondary N) is 1. The van der Waals surface area contributed by atoms with Gasteiger partial charge in [0, 0.05) is 11.6 Å². The zero-order valence-corrected chi connectivity index (χ0v) is 17.3. The maximum atomic E-state index is 12.9. The van der Waals surface area contributed by atoms with Gasteiger partial charge < -0.3 is 19.5 Å². The third-order valence-corrected chi connectivity index (χ3v) is 7.44. The topological polar surface area (TPSA) is 73.9 Å². The highest BCUT2D eigenvalue weighted by molar-refractivity contribution is 9.09. The van der Waals surface area contributed by atoms with Crippen molar-refractivity contribution in [1.82, 2.24) is 0 Å². The molecule has 1 amide bonds. The predicted molar refractivity (Wildman–Crippen MR) is 109 cm³/mol. The molecule has 6 atom stereocenters. The Kier molecular flexibility index (Phi) is 4.50. The number of carbonyl (C=O) groups excluding carboxylic acids is 2. The molecule has 150 valence electrons. The van der Waals surface area contributed by atoms with E-state index in [0.717, 1.165) is 12.2 Å². The van der Waals surface area contributed by atoms with Crippen molar-refractivity contribution in [3.63, 3.8) is 0 Å². The fourth-order valence-electron chi connectivity index (χ4n) is 4.94. The highest BCUT2D eigenvalue weighted by Crippen LogP contribution is 2.60. The molecule has 1 heterocycles. The van der Waals surface area contributed by atoms with Crippen LogP contribution in [-0.2, 0) is 14.3 Å². The molecule has 3 fully saturated rings. The summed E-state index contributed by atoms with van der Waals surface area (Å²) in [5.41, 5.74) is 0.675. The summed E-state index contributed by atoms with van der Waals surface area (Å²) in [6.07, 6.45) is 0.792. The van der Waals surface area contributed by atoms with Gasteiger partial charge in [-0.1, -0.05) is 15.9 Å². The van der Waals surface area contributed by atoms with Crippen molar-refractivity contribution in [1.29, 1.82) is 0 Å². The van der Waals surface area contributed by atoms with E-state index < -0.39 is 0 Å². The molecule has 2 aromatic rings. The minimum Gasteiger partial charge on any atom is -0.497 e. The first-order valence-corrected chi connectivity index (χ1v) is 10.5. The Morgan fingerprint density at radius 2 is 1.66 bits per heavy atom. The summed E-state index contributed by atoms with van der Waals surface area (Å²) < 4.78 is 16.4. The van der Waals surface area contributed by atoms with Crippen LogP contribution >= 0.6 is 15.9 Å². The molecule has 2 bridgehead atoms. The van der Waals surface area contributed by atoms with E-state index in [-0.39, 0.29) is 46.5 Å². The van der Waals surface area contributed by atoms with Crippen molar-refractivity contribution in [2.75, 3.05) is 12.4 Å². The molecule has 2 aromatic carbocycles. The summed E-state index contributed by atoms with van der Waals surface area (Å²) in [6.45, 7) is 0. The number of ether oxygens (including phenoxy) is 3. The second kappa shape index (κ2) is 7.06. The number of benzene rings is 2. The molecule has 1 N–H and O–H groups in total. The number of alkyl halides is 1. The molecule has 1 aliphatic heterocycles. The van der Waals surface area contributed by atoms with E-state index in [9.17, 15) is 9.59 Å². The highest BCUT2D eigenvalue weighted by Gasteiger charge is 2.67. The number of rotatable bonds is 5. The number of halogens is 1. The lowest BCUT2D eigenvalue weighted by Crippen LogP contribution is -2.40. The average molecular weight is 458 g/mol. The van der Waals surface area contributed by atoms with Gasteiger partial charge in [0.25, 0.3) is 0 Å². The van der Waals surface area contributed by atoms with Crippen molar-refractivity contribution < 1.29 is 23.8 Å². The maximum absolute atomic E-state index is 12.9. The molecule has 2 aliphatic carbocycles. The summed E-state index contributed by atoms with van der Waals surface area (Å²) in [5.74, 6) is 1.42. The first-order chi connectivity index (χ1) is 14.0. The van der Waals surface area contributed by atoms with Crippen LogP contribution < -0.4 is 14.8 Å². The largest absolute Gasteiger partial charge is 0.497 e. The Hall–Kier alpha value is -2.54. The van der Waals surface area contributed by atoms with Crippen LogP contribution in [0.1, 0.15) is 6.42 Å². The monoisotopic (exact) mass is 457 g/mol. The minimum atomic E-state index is -0.342. The van der Waals surface area contributed by atoms with E-state index in [0.29, 0.717) is 17.2 Å². The lowest BCUT2D eigenvalue weighted by atomic mass is 9.79. The zero-order chi connectivity index (χ0) is 20.1. The maximum Gasteiger partial charge on any atom is 0.310 e. The molecule has 5 rings (SSSR count). The molecule has 1 saturated heterocycles. The van der Waals surface area contributed by atoms with Crippen LogP contribution in [0.3, 0.4) is 0 Å². The van der Waals surface area contributed by atoms with Gasteiger partial charge in [-0.25, -0.2) is 0 Å². The van der Waals surface area contributed by atoms with Gasteiger partial charge in [0.2, 0.25) is 5.91 Å². The van der Waals surface area contributed by atoms with E-state index >= 15 is 0 Å². The van der Waals surface area contributed by atoms with Gasteiger partial charge in [0.15, 0.2) is 0 Å². The molecule has 29 heavy (non-hydrogen) atoms. The average Bonchev–Trinajstić information content (AvgIpc) is 3.34. The van der Waals surface area contributed by atoms with Crippen molar-refractivity contribution in [2.24, 2.45) is 23.7 Å². The molecule has 2 saturated carbocycles. The highest BCUT2D eigenvalue weighted by atomic mass is 79.9. The van der Waals surface area contributed by atoms with E-state index in [1.165, 1.54) is 0 Å². The fourth-order valence-corrected chi connectivity index (χ4v) is 5.99. The number of carbonyl (C=O) groups is 2. The predicted octanol–water partition coefficient (Wildman–Crippen LogP) is 4.00. The molecule has 3 aliphatic rings. The third-order valence-electron chi connectivity index (χ3n) is 6.24. The van der Waals surface area contributed by atoms with Crippen LogP contribution in [0.15, 0.2) is 48.5 Å². The Morgan fingerprint density at radius 3 is 2.31 bits per heavy atom. The normalized spacial score (nSPS) is 31.4. The SMILES string of the molecule is COc1ccc(Oc2ccc(NC(=O)[C@@H]3[C@H]4C[C@H]5[C@H](OC(=O)[C@@H]53)[C@@H]4Br)cc2)cc1. The lowest BCUT2D eigenvalue weighted by molar-refractivity contribution is -0.145. The molecule has 0 spiro atoms. The number of esters is 1. The number of anilines is 1. The molecular weight excluding hydrogens is 438 g/mol. The van der Waals surface area contributed by atoms with E-state index in [4.69, 9.17) is 14.2 Å². The first-order valence-electron chi connectivity index (χ1n) is 9.62. The third kappa shape index (κ3) is 3.08. The Morgan fingerprint density at radius 1 is 1.03 bits per heavy atom. The van der Waals surface area contributed by atoms with Gasteiger partial charge >= 0.3 is 5.97 Å². The first kappa shape index (κ1) is 18.5. The van der Waals surface area contributed by atoms with Crippen molar-refractivity contribution in [2.45, 2.75) is 17.4 Å². The summed E-state index contributed by atoms with van der Waals surface area (Å²) in [7, 11) is 1.62. The van der Waals surface area contributed by atoms with E-state index in [1.54, 1.807) is 31.4 Å². The van der Waals surface area contributed by atoms with Gasteiger partial charge in [0.05, 0.1) is 23.8 Å². The Bertz CT molecular complexity index is 945. The number of fused-ring (bicyclic) bond motifs is 1. The summed E-state index contributed by atoms with van der Waals surface area (Å²) in [4.78, 5) is 25.2. The van der Waals surface area contributed by atoms with Crippen molar-refractivity contribution in [3.8, 4) is 17.2 Å². The number of amides is 1. The lowest BCUT2D eigenvalue weighted by Gasteiger charge is -2.27. The second-order valence-corrected chi connectivity index (χ2v) is 8.81. The summed E-state index contributed by atoms with van der Waals surface area (Å²) in [6, 6.07) is 14.5. The van der Waals surface area contributed by atoms with Crippen LogP contribution in [0.2, 0.25) is 0 Å². The van der Waals surface area contributed by atoms with Crippen LogP contribution in [-0.4, -0.2) is 29.9 Å². The number of hydrogen-bond acceptors (Lipinski definition) is 5. The molecule has 7 heteroatoms. The van der Waals surface area contributed by atoms with Crippen LogP contribution in [0.4, 0.5) is 5.69 Å². The number of hydrogen-bond donors (Lipinski definition) is 1. The van der Waals surface area contributed by atoms with Gasteiger partial charge in [-0.15, -0.1) is 0 Å². The van der Waals surface area contributed by atoms with Crippen LogP contribution in [0.5, 0.6) is 17.2 Å². The quantitative estimate of drug-likeness (QED) is 0.542. The zero-order valence-electron chi connectivity index (χ0n) is 15.7. The molecule has 0 aromatic heterocycles. The van der Waals surface area contributed by atoms with E-state index in [1.807, 2.05) is 24.3 Å². The minimum absolute atomic E-state index is 0.0613. The Balaban J connectivity index is 1.25. The van der Waals surface area contributed by atoms with Gasteiger partial charge in [-0.2, -0.15) is 0 Å². The number of methoxy groups -OCH3 is 1. The smallest absolute Gasteiger partial charge is 0.310 e. The van der Waals surface area contributed by atoms with Crippen LogP contribution in [0, 0.1) is 23.7 Å². The summed E-state index contributed by atoms with van der Waals surface area (Å²) >= 11 is 3.64. The second-order valence-electron chi connectivity index (χ2n) is 7.75. The molecular formula is C22H20BrNO5. The van der Waals surface area contributed by atoms with Crippen molar-refractivity contribution >= 4 is 33.5 Å². The van der Waals surface area contributed by atoms with Crippen LogP contribution in [0.25, 0.3) is 0 Å².